The molecule has 0 bridgehead atoms. The first-order valence-electron chi connectivity index (χ1n) is 6.29. The second-order valence-corrected chi connectivity index (χ2v) is 4.48. The minimum atomic E-state index is -0.558. The molecule has 0 saturated carbocycles. The summed E-state index contributed by atoms with van der Waals surface area (Å²) in [7, 11) is 0. The van der Waals surface area contributed by atoms with E-state index in [1.807, 2.05) is 6.07 Å². The summed E-state index contributed by atoms with van der Waals surface area (Å²) in [4.78, 5) is 13.9. The molecule has 0 saturated heterocycles. The number of nitriles is 1. The third kappa shape index (κ3) is 2.55. The summed E-state index contributed by atoms with van der Waals surface area (Å²) in [6, 6.07) is 10.6. The van der Waals surface area contributed by atoms with Crippen LogP contribution < -0.4 is 0 Å². The average Bonchev–Trinajstić information content (AvgIpc) is 3.17. The molecule has 0 aliphatic rings. The standard InChI is InChI=1S/C14H9N5O3/c15-8-10-1-3-11(4-2-10)13-7-12(22-17-13)9-18-6-5-16-14(18)19(20)21/h1-7H,9H2. The summed E-state index contributed by atoms with van der Waals surface area (Å²) in [5.41, 5.74) is 1.96. The highest BCUT2D eigenvalue weighted by atomic mass is 16.6. The van der Waals surface area contributed by atoms with Gasteiger partial charge in [-0.15, -0.1) is 0 Å². The molecule has 0 aliphatic carbocycles. The fourth-order valence-corrected chi connectivity index (χ4v) is 2.00. The molecule has 1 aromatic carbocycles. The maximum absolute atomic E-state index is 10.8. The molecule has 8 heteroatoms. The van der Waals surface area contributed by atoms with Crippen molar-refractivity contribution in [1.82, 2.24) is 14.7 Å². The van der Waals surface area contributed by atoms with Gasteiger partial charge < -0.3 is 14.6 Å². The van der Waals surface area contributed by atoms with Crippen LogP contribution >= 0.6 is 0 Å². The van der Waals surface area contributed by atoms with E-state index in [4.69, 9.17) is 9.78 Å². The lowest BCUT2D eigenvalue weighted by Gasteiger charge is -1.97. The topological polar surface area (TPSA) is 111 Å². The highest BCUT2D eigenvalue weighted by molar-refractivity contribution is 5.59. The van der Waals surface area contributed by atoms with Gasteiger partial charge in [0.15, 0.2) is 5.76 Å². The highest BCUT2D eigenvalue weighted by Crippen LogP contribution is 2.21. The van der Waals surface area contributed by atoms with Gasteiger partial charge in [-0.25, -0.2) is 4.57 Å². The van der Waals surface area contributed by atoms with Crippen LogP contribution in [0.15, 0.2) is 47.2 Å². The monoisotopic (exact) mass is 295 g/mol. The van der Waals surface area contributed by atoms with Crippen LogP contribution in [0.3, 0.4) is 0 Å². The molecule has 0 amide bonds. The van der Waals surface area contributed by atoms with Crippen LogP contribution in [0, 0.1) is 21.4 Å². The molecule has 2 aromatic heterocycles. The van der Waals surface area contributed by atoms with Crippen molar-refractivity contribution < 1.29 is 9.45 Å². The van der Waals surface area contributed by atoms with Gasteiger partial charge in [-0.05, 0) is 17.1 Å². The number of nitro groups is 1. The van der Waals surface area contributed by atoms with Crippen molar-refractivity contribution in [3.05, 3.63) is 64.2 Å². The van der Waals surface area contributed by atoms with Gasteiger partial charge in [-0.2, -0.15) is 5.26 Å². The number of imidazole rings is 1. The van der Waals surface area contributed by atoms with Crippen LogP contribution in [-0.4, -0.2) is 19.6 Å². The van der Waals surface area contributed by atoms with Gasteiger partial charge in [0.1, 0.15) is 24.6 Å². The van der Waals surface area contributed by atoms with E-state index in [0.717, 1.165) is 5.56 Å². The fourth-order valence-electron chi connectivity index (χ4n) is 2.00. The summed E-state index contributed by atoms with van der Waals surface area (Å²) in [5, 5.41) is 23.5. The Hall–Kier alpha value is -3.47. The van der Waals surface area contributed by atoms with Crippen LogP contribution in [-0.2, 0) is 6.54 Å². The Balaban J connectivity index is 1.83. The van der Waals surface area contributed by atoms with Crippen molar-refractivity contribution >= 4 is 5.95 Å². The smallest absolute Gasteiger partial charge is 0.390 e. The molecule has 0 spiro atoms. The summed E-state index contributed by atoms with van der Waals surface area (Å²) >= 11 is 0. The van der Waals surface area contributed by atoms with Crippen LogP contribution in [0.4, 0.5) is 5.95 Å². The van der Waals surface area contributed by atoms with E-state index in [1.165, 1.54) is 17.0 Å². The predicted octanol–water partition coefficient (Wildman–Crippen LogP) is 2.37. The fraction of sp³-hybridized carbons (Fsp3) is 0.0714. The zero-order valence-electron chi connectivity index (χ0n) is 11.2. The second kappa shape index (κ2) is 5.49. The molecule has 0 radical (unpaired) electrons. The molecule has 0 atom stereocenters. The Morgan fingerprint density at radius 3 is 2.82 bits per heavy atom. The van der Waals surface area contributed by atoms with Gasteiger partial charge >= 0.3 is 5.95 Å². The van der Waals surface area contributed by atoms with Crippen LogP contribution in [0.2, 0.25) is 0 Å². The minimum Gasteiger partial charge on any atom is -0.390 e. The Kier molecular flexibility index (Phi) is 3.37. The van der Waals surface area contributed by atoms with E-state index in [1.54, 1.807) is 30.3 Å². The summed E-state index contributed by atoms with van der Waals surface area (Å²) in [5.74, 6) is 0.219. The highest BCUT2D eigenvalue weighted by Gasteiger charge is 2.16. The zero-order valence-corrected chi connectivity index (χ0v) is 11.2. The maximum Gasteiger partial charge on any atom is 0.434 e. The lowest BCUT2D eigenvalue weighted by atomic mass is 10.1. The first-order valence-corrected chi connectivity index (χ1v) is 6.29. The molecule has 3 aromatic rings. The van der Waals surface area contributed by atoms with Crippen molar-refractivity contribution in [2.24, 2.45) is 0 Å². The minimum absolute atomic E-state index is 0.166. The molecule has 22 heavy (non-hydrogen) atoms. The van der Waals surface area contributed by atoms with Gasteiger partial charge in [0, 0.05) is 11.6 Å². The molecule has 3 rings (SSSR count). The summed E-state index contributed by atoms with van der Waals surface area (Å²) < 4.78 is 6.56. The average molecular weight is 295 g/mol. The Morgan fingerprint density at radius 1 is 1.36 bits per heavy atom. The van der Waals surface area contributed by atoms with E-state index < -0.39 is 4.92 Å². The third-order valence-corrected chi connectivity index (χ3v) is 3.05. The summed E-state index contributed by atoms with van der Waals surface area (Å²) in [6.45, 7) is 0.166. The number of hydrogen-bond donors (Lipinski definition) is 0. The van der Waals surface area contributed by atoms with E-state index in [0.29, 0.717) is 17.0 Å². The van der Waals surface area contributed by atoms with Crippen LogP contribution in [0.25, 0.3) is 11.3 Å². The normalized spacial score (nSPS) is 10.3. The molecular formula is C14H9N5O3. The molecule has 108 valence electrons. The summed E-state index contributed by atoms with van der Waals surface area (Å²) in [6.07, 6.45) is 2.86. The number of benzene rings is 1. The number of aromatic nitrogens is 3. The molecule has 0 unspecified atom stereocenters. The first-order chi connectivity index (χ1) is 10.7. The van der Waals surface area contributed by atoms with Crippen LogP contribution in [0.1, 0.15) is 11.3 Å². The lowest BCUT2D eigenvalue weighted by Crippen LogP contribution is -2.03. The van der Waals surface area contributed by atoms with E-state index in [-0.39, 0.29) is 12.5 Å². The van der Waals surface area contributed by atoms with Gasteiger partial charge in [0.05, 0.1) is 11.6 Å². The van der Waals surface area contributed by atoms with Crippen molar-refractivity contribution in [2.45, 2.75) is 6.54 Å². The predicted molar refractivity (Wildman–Crippen MR) is 74.6 cm³/mol. The SMILES string of the molecule is N#Cc1ccc(-c2cc(Cn3ccnc3[N+](=O)[O-])on2)cc1. The molecular weight excluding hydrogens is 286 g/mol. The van der Waals surface area contributed by atoms with Gasteiger partial charge in [0.25, 0.3) is 0 Å². The molecule has 0 aliphatic heterocycles. The number of rotatable bonds is 4. The third-order valence-electron chi connectivity index (χ3n) is 3.05. The Bertz CT molecular complexity index is 857. The van der Waals surface area contributed by atoms with Gasteiger partial charge in [0.2, 0.25) is 0 Å². The Labute approximate surface area is 124 Å². The molecule has 2 heterocycles. The number of nitrogens with zero attached hydrogens (tertiary/aromatic N) is 5. The van der Waals surface area contributed by atoms with Crippen molar-refractivity contribution in [3.8, 4) is 17.3 Å². The van der Waals surface area contributed by atoms with Crippen LogP contribution in [0.5, 0.6) is 0 Å². The van der Waals surface area contributed by atoms with Gasteiger partial charge in [-0.1, -0.05) is 22.3 Å². The molecule has 8 nitrogen and oxygen atoms in total. The second-order valence-electron chi connectivity index (χ2n) is 4.48. The quantitative estimate of drug-likeness (QED) is 0.539. The lowest BCUT2D eigenvalue weighted by molar-refractivity contribution is -0.396. The molecule has 0 fully saturated rings. The van der Waals surface area contributed by atoms with E-state index in [9.17, 15) is 10.1 Å². The number of hydrogen-bond acceptors (Lipinski definition) is 6. The van der Waals surface area contributed by atoms with E-state index in [2.05, 4.69) is 10.1 Å². The largest absolute Gasteiger partial charge is 0.434 e. The zero-order chi connectivity index (χ0) is 15.5. The first kappa shape index (κ1) is 13.5. The molecule has 0 N–H and O–H groups in total. The Morgan fingerprint density at radius 2 is 2.14 bits per heavy atom. The van der Waals surface area contributed by atoms with Crippen molar-refractivity contribution in [1.29, 1.82) is 5.26 Å². The van der Waals surface area contributed by atoms with Gasteiger partial charge in [-0.3, -0.25) is 0 Å². The van der Waals surface area contributed by atoms with Crippen molar-refractivity contribution in [3.63, 3.8) is 0 Å². The van der Waals surface area contributed by atoms with E-state index >= 15 is 0 Å². The van der Waals surface area contributed by atoms with Crippen molar-refractivity contribution in [2.75, 3.05) is 0 Å². The maximum atomic E-state index is 10.8.